The van der Waals surface area contributed by atoms with Crippen LogP contribution in [0.15, 0.2) is 34.9 Å². The van der Waals surface area contributed by atoms with Gasteiger partial charge in [0.1, 0.15) is 6.26 Å². The molecule has 1 atom stereocenters. The lowest BCUT2D eigenvalue weighted by atomic mass is 10.1. The summed E-state index contributed by atoms with van der Waals surface area (Å²) in [5.41, 5.74) is 1.20. The van der Waals surface area contributed by atoms with E-state index in [4.69, 9.17) is 16.0 Å². The first-order valence-electron chi connectivity index (χ1n) is 8.57. The van der Waals surface area contributed by atoms with Crippen LogP contribution in [0.4, 0.5) is 13.2 Å². The number of nitrogens with zero attached hydrogens (tertiary/aromatic N) is 2. The SMILES string of the molecule is O=C(Cc1coc(-c2ccc(Cl)cc2)n1)NC1CCCN(CC(F)(F)F)C1. The van der Waals surface area contributed by atoms with Gasteiger partial charge in [0.2, 0.25) is 11.8 Å². The monoisotopic (exact) mass is 401 g/mol. The number of carbonyl (C=O) groups excluding carboxylic acids is 1. The van der Waals surface area contributed by atoms with E-state index >= 15 is 0 Å². The molecule has 0 radical (unpaired) electrons. The van der Waals surface area contributed by atoms with Crippen LogP contribution in [0.5, 0.6) is 0 Å². The molecule has 1 fully saturated rings. The molecule has 1 aliphatic rings. The van der Waals surface area contributed by atoms with Gasteiger partial charge in [0.05, 0.1) is 18.7 Å². The molecule has 1 aromatic heterocycles. The molecule has 2 aromatic rings. The molecule has 0 spiro atoms. The van der Waals surface area contributed by atoms with E-state index in [0.717, 1.165) is 5.56 Å². The summed E-state index contributed by atoms with van der Waals surface area (Å²) in [5, 5.41) is 3.39. The predicted molar refractivity (Wildman–Crippen MR) is 94.3 cm³/mol. The smallest absolute Gasteiger partial charge is 0.401 e. The first-order chi connectivity index (χ1) is 12.8. The van der Waals surface area contributed by atoms with Crippen LogP contribution >= 0.6 is 11.6 Å². The van der Waals surface area contributed by atoms with Crippen LogP contribution in [-0.4, -0.2) is 47.6 Å². The molecule has 146 valence electrons. The second-order valence-electron chi connectivity index (χ2n) is 6.58. The molecule has 1 N–H and O–H groups in total. The molecule has 1 saturated heterocycles. The van der Waals surface area contributed by atoms with Gasteiger partial charge in [0, 0.05) is 23.2 Å². The van der Waals surface area contributed by atoms with Gasteiger partial charge in [-0.25, -0.2) is 4.98 Å². The average Bonchev–Trinajstić information content (AvgIpc) is 3.02. The molecule has 27 heavy (non-hydrogen) atoms. The van der Waals surface area contributed by atoms with Crippen molar-refractivity contribution in [1.82, 2.24) is 15.2 Å². The molecule has 2 heterocycles. The first kappa shape index (κ1) is 19.7. The lowest BCUT2D eigenvalue weighted by molar-refractivity contribution is -0.148. The van der Waals surface area contributed by atoms with Gasteiger partial charge in [-0.2, -0.15) is 13.2 Å². The second kappa shape index (κ2) is 8.31. The van der Waals surface area contributed by atoms with Crippen LogP contribution < -0.4 is 5.32 Å². The van der Waals surface area contributed by atoms with Crippen molar-refractivity contribution in [3.63, 3.8) is 0 Å². The van der Waals surface area contributed by atoms with E-state index in [9.17, 15) is 18.0 Å². The van der Waals surface area contributed by atoms with Crippen LogP contribution in [0.2, 0.25) is 5.02 Å². The summed E-state index contributed by atoms with van der Waals surface area (Å²) in [6.07, 6.45) is -1.54. The van der Waals surface area contributed by atoms with Crippen molar-refractivity contribution < 1.29 is 22.4 Å². The first-order valence-corrected chi connectivity index (χ1v) is 8.95. The van der Waals surface area contributed by atoms with Crippen LogP contribution in [0.1, 0.15) is 18.5 Å². The fraction of sp³-hybridized carbons (Fsp3) is 0.444. The van der Waals surface area contributed by atoms with Gasteiger partial charge in [-0.3, -0.25) is 9.69 Å². The Morgan fingerprint density at radius 3 is 2.78 bits per heavy atom. The molecule has 1 unspecified atom stereocenters. The Morgan fingerprint density at radius 2 is 2.07 bits per heavy atom. The van der Waals surface area contributed by atoms with Crippen LogP contribution in [0.25, 0.3) is 11.5 Å². The zero-order valence-corrected chi connectivity index (χ0v) is 15.2. The zero-order valence-electron chi connectivity index (χ0n) is 14.4. The van der Waals surface area contributed by atoms with E-state index in [2.05, 4.69) is 10.3 Å². The van der Waals surface area contributed by atoms with E-state index in [-0.39, 0.29) is 24.9 Å². The summed E-state index contributed by atoms with van der Waals surface area (Å²) in [6, 6.07) is 6.65. The molecule has 3 rings (SSSR count). The highest BCUT2D eigenvalue weighted by Gasteiger charge is 2.33. The normalized spacial score (nSPS) is 18.4. The molecule has 0 aliphatic carbocycles. The Labute approximate surface area is 159 Å². The Kier molecular flexibility index (Phi) is 6.06. The maximum absolute atomic E-state index is 12.5. The van der Waals surface area contributed by atoms with Gasteiger partial charge in [-0.15, -0.1) is 0 Å². The predicted octanol–water partition coefficient (Wildman–Crippen LogP) is 3.68. The Morgan fingerprint density at radius 1 is 1.33 bits per heavy atom. The molecular weight excluding hydrogens is 383 g/mol. The van der Waals surface area contributed by atoms with Crippen molar-refractivity contribution in [3.05, 3.63) is 41.2 Å². The van der Waals surface area contributed by atoms with Gasteiger partial charge in [0.25, 0.3) is 0 Å². The quantitative estimate of drug-likeness (QED) is 0.830. The van der Waals surface area contributed by atoms with Gasteiger partial charge in [0.15, 0.2) is 0 Å². The Hall–Kier alpha value is -2.06. The lowest BCUT2D eigenvalue weighted by Crippen LogP contribution is -2.50. The minimum atomic E-state index is -4.23. The highest BCUT2D eigenvalue weighted by Crippen LogP contribution is 2.22. The molecule has 1 aliphatic heterocycles. The summed E-state index contributed by atoms with van der Waals surface area (Å²) in [4.78, 5) is 17.8. The van der Waals surface area contributed by atoms with Gasteiger partial charge >= 0.3 is 6.18 Å². The Bertz CT molecular complexity index is 777. The van der Waals surface area contributed by atoms with E-state index in [1.807, 2.05) is 0 Å². The molecule has 0 bridgehead atoms. The highest BCUT2D eigenvalue weighted by atomic mass is 35.5. The van der Waals surface area contributed by atoms with Crippen molar-refractivity contribution in [3.8, 4) is 11.5 Å². The third kappa shape index (κ3) is 5.97. The zero-order chi connectivity index (χ0) is 19.4. The van der Waals surface area contributed by atoms with Crippen molar-refractivity contribution in [2.75, 3.05) is 19.6 Å². The summed E-state index contributed by atoms with van der Waals surface area (Å²) in [7, 11) is 0. The molecule has 9 heteroatoms. The second-order valence-corrected chi connectivity index (χ2v) is 7.02. The topological polar surface area (TPSA) is 58.4 Å². The number of hydrogen-bond acceptors (Lipinski definition) is 4. The Balaban J connectivity index is 1.53. The van der Waals surface area contributed by atoms with Crippen molar-refractivity contribution in [2.24, 2.45) is 0 Å². The maximum atomic E-state index is 12.5. The number of aromatic nitrogens is 1. The molecule has 0 saturated carbocycles. The number of amides is 1. The number of alkyl halides is 3. The standard InChI is InChI=1S/C18H19ClF3N3O2/c19-13-5-3-12(4-6-13)17-24-15(10-27-17)8-16(26)23-14-2-1-7-25(9-14)11-18(20,21)22/h3-6,10,14H,1-2,7-9,11H2,(H,23,26). The lowest BCUT2D eigenvalue weighted by Gasteiger charge is -2.33. The summed E-state index contributed by atoms with van der Waals surface area (Å²) in [6.45, 7) is -0.368. The molecule has 1 aromatic carbocycles. The van der Waals surface area contributed by atoms with Gasteiger partial charge < -0.3 is 9.73 Å². The minimum Gasteiger partial charge on any atom is -0.444 e. The number of nitrogens with one attached hydrogen (secondary N) is 1. The largest absolute Gasteiger partial charge is 0.444 e. The van der Waals surface area contributed by atoms with E-state index < -0.39 is 12.7 Å². The van der Waals surface area contributed by atoms with Crippen molar-refractivity contribution in [1.29, 1.82) is 0 Å². The van der Waals surface area contributed by atoms with Crippen molar-refractivity contribution >= 4 is 17.5 Å². The molecule has 1 amide bonds. The van der Waals surface area contributed by atoms with Crippen LogP contribution in [-0.2, 0) is 11.2 Å². The fourth-order valence-corrected chi connectivity index (χ4v) is 3.25. The number of oxazole rings is 1. The third-order valence-electron chi connectivity index (χ3n) is 4.26. The number of halogens is 4. The van der Waals surface area contributed by atoms with Crippen LogP contribution in [0, 0.1) is 0 Å². The summed E-state index contributed by atoms with van der Waals surface area (Å²) in [5.74, 6) is 0.0910. The van der Waals surface area contributed by atoms with E-state index in [1.54, 1.807) is 24.3 Å². The van der Waals surface area contributed by atoms with E-state index in [0.29, 0.717) is 36.0 Å². The summed E-state index contributed by atoms with van der Waals surface area (Å²) < 4.78 is 43.0. The van der Waals surface area contributed by atoms with Crippen molar-refractivity contribution in [2.45, 2.75) is 31.5 Å². The number of likely N-dealkylation sites (tertiary alicyclic amines) is 1. The molecule has 5 nitrogen and oxygen atoms in total. The van der Waals surface area contributed by atoms with Gasteiger partial charge in [-0.05, 0) is 43.7 Å². The molecular formula is C18H19ClF3N3O2. The fourth-order valence-electron chi connectivity index (χ4n) is 3.13. The highest BCUT2D eigenvalue weighted by molar-refractivity contribution is 6.30. The maximum Gasteiger partial charge on any atom is 0.401 e. The number of rotatable bonds is 5. The van der Waals surface area contributed by atoms with Crippen LogP contribution in [0.3, 0.4) is 0 Å². The number of piperidine rings is 1. The average molecular weight is 402 g/mol. The number of carbonyl (C=O) groups is 1. The van der Waals surface area contributed by atoms with Gasteiger partial charge in [-0.1, -0.05) is 11.6 Å². The number of hydrogen-bond donors (Lipinski definition) is 1. The number of benzene rings is 1. The minimum absolute atomic E-state index is 0.00681. The third-order valence-corrected chi connectivity index (χ3v) is 4.51. The van der Waals surface area contributed by atoms with E-state index in [1.165, 1.54) is 11.2 Å². The summed E-state index contributed by atoms with van der Waals surface area (Å²) >= 11 is 5.84.